The molecule has 1 saturated carbocycles. The van der Waals surface area contributed by atoms with Crippen LogP contribution in [0.5, 0.6) is 0 Å². The zero-order valence-electron chi connectivity index (χ0n) is 20.9. The van der Waals surface area contributed by atoms with E-state index >= 15 is 0 Å². The Bertz CT molecular complexity index is 1380. The van der Waals surface area contributed by atoms with E-state index in [-0.39, 0.29) is 28.6 Å². The number of rotatable bonds is 7. The van der Waals surface area contributed by atoms with Crippen molar-refractivity contribution in [1.82, 2.24) is 14.7 Å². The summed E-state index contributed by atoms with van der Waals surface area (Å²) in [6.45, 7) is 3.33. The van der Waals surface area contributed by atoms with Crippen molar-refractivity contribution >= 4 is 27.0 Å². The molecule has 0 unspecified atom stereocenters. The Balaban J connectivity index is 1.29. The zero-order chi connectivity index (χ0) is 26.2. The van der Waals surface area contributed by atoms with E-state index in [0.717, 1.165) is 29.7 Å². The number of nitrogens with two attached hydrogens (primary N) is 1. The molecule has 1 amide bonds. The minimum absolute atomic E-state index is 0.175. The fourth-order valence-corrected chi connectivity index (χ4v) is 7.17. The van der Waals surface area contributed by atoms with Crippen LogP contribution in [0.1, 0.15) is 68.7 Å². The molecule has 0 bridgehead atoms. The van der Waals surface area contributed by atoms with Crippen LogP contribution >= 0.6 is 0 Å². The van der Waals surface area contributed by atoms with E-state index in [1.807, 2.05) is 6.92 Å². The quantitative estimate of drug-likeness (QED) is 0.426. The van der Waals surface area contributed by atoms with Gasteiger partial charge in [0.2, 0.25) is 15.9 Å². The first-order chi connectivity index (χ1) is 17.7. The van der Waals surface area contributed by atoms with Gasteiger partial charge in [-0.2, -0.15) is 0 Å². The van der Waals surface area contributed by atoms with Gasteiger partial charge in [0.25, 0.3) is 0 Å². The van der Waals surface area contributed by atoms with Gasteiger partial charge in [0.05, 0.1) is 21.3 Å². The van der Waals surface area contributed by atoms with E-state index in [0.29, 0.717) is 44.4 Å². The van der Waals surface area contributed by atoms with Crippen LogP contribution in [-0.4, -0.2) is 43.5 Å². The first-order valence-corrected chi connectivity index (χ1v) is 14.3. The number of carbonyl (C=O) groups excluding carboxylic acids is 1. The second-order valence-electron chi connectivity index (χ2n) is 10.4. The summed E-state index contributed by atoms with van der Waals surface area (Å²) in [5.74, 6) is 0.192. The molecule has 1 aromatic heterocycles. The number of benzene rings is 2. The number of primary amides is 1. The number of carbonyl (C=O) groups is 1. The van der Waals surface area contributed by atoms with Gasteiger partial charge in [-0.15, -0.1) is 0 Å². The molecule has 1 atom stereocenters. The van der Waals surface area contributed by atoms with Gasteiger partial charge in [0, 0.05) is 25.2 Å². The molecule has 37 heavy (non-hydrogen) atoms. The lowest BCUT2D eigenvalue weighted by Gasteiger charge is -2.42. The van der Waals surface area contributed by atoms with Crippen LogP contribution in [0.2, 0.25) is 0 Å². The molecular formula is C27H33FN4O4S. The number of nitrogens with zero attached hydrogens (tertiary/aromatic N) is 1. The molecule has 10 heteroatoms. The lowest BCUT2D eigenvalue weighted by atomic mass is 9.63. The number of hydrogen-bond acceptors (Lipinski definition) is 5. The Morgan fingerprint density at radius 3 is 2.46 bits per heavy atom. The molecule has 5 rings (SSSR count). The minimum Gasteiger partial charge on any atom is -0.381 e. The maximum Gasteiger partial charge on any atom is 0.240 e. The summed E-state index contributed by atoms with van der Waals surface area (Å²) in [4.78, 5) is 20.7. The molecule has 1 aliphatic carbocycles. The SMILES string of the molecule is C[C@H](c1ccc(F)cc1)C1(C(N)=O)CCC(NS(=O)(=O)c2ccc3nc(C4CCOCC4)[nH]c3c2)CC1. The highest BCUT2D eigenvalue weighted by Crippen LogP contribution is 2.47. The average molecular weight is 529 g/mol. The van der Waals surface area contributed by atoms with E-state index in [4.69, 9.17) is 10.5 Å². The Kier molecular flexibility index (Phi) is 7.08. The molecule has 1 saturated heterocycles. The molecule has 198 valence electrons. The third-order valence-corrected chi connectivity index (χ3v) is 9.80. The van der Waals surface area contributed by atoms with Crippen molar-refractivity contribution in [2.24, 2.45) is 11.1 Å². The number of fused-ring (bicyclic) bond motifs is 1. The molecule has 0 spiro atoms. The van der Waals surface area contributed by atoms with E-state index < -0.39 is 21.3 Å². The Morgan fingerprint density at radius 1 is 1.14 bits per heavy atom. The van der Waals surface area contributed by atoms with Gasteiger partial charge in [-0.1, -0.05) is 19.1 Å². The fraction of sp³-hybridized carbons (Fsp3) is 0.481. The summed E-state index contributed by atoms with van der Waals surface area (Å²) < 4.78 is 48.2. The number of ether oxygens (including phenoxy) is 1. The third-order valence-electron chi connectivity index (χ3n) is 8.28. The summed E-state index contributed by atoms with van der Waals surface area (Å²) >= 11 is 0. The molecule has 2 heterocycles. The molecule has 0 radical (unpaired) electrons. The number of halogens is 1. The van der Waals surface area contributed by atoms with Gasteiger partial charge >= 0.3 is 0 Å². The van der Waals surface area contributed by atoms with Crippen molar-refractivity contribution in [3.05, 3.63) is 59.7 Å². The van der Waals surface area contributed by atoms with Crippen molar-refractivity contribution in [3.63, 3.8) is 0 Å². The van der Waals surface area contributed by atoms with Crippen molar-refractivity contribution < 1.29 is 22.3 Å². The largest absolute Gasteiger partial charge is 0.381 e. The predicted molar refractivity (Wildman–Crippen MR) is 138 cm³/mol. The number of nitrogens with one attached hydrogen (secondary N) is 2. The zero-order valence-corrected chi connectivity index (χ0v) is 21.7. The van der Waals surface area contributed by atoms with Crippen LogP contribution in [0.3, 0.4) is 0 Å². The lowest BCUT2D eigenvalue weighted by molar-refractivity contribution is -0.131. The Labute approximate surface area is 216 Å². The first-order valence-electron chi connectivity index (χ1n) is 12.8. The number of aromatic amines is 1. The number of aromatic nitrogens is 2. The fourth-order valence-electron chi connectivity index (χ4n) is 5.84. The van der Waals surface area contributed by atoms with Crippen LogP contribution in [0.15, 0.2) is 47.4 Å². The molecule has 2 aromatic carbocycles. The topological polar surface area (TPSA) is 127 Å². The van der Waals surface area contributed by atoms with Gasteiger partial charge in [-0.05, 0) is 80.3 Å². The monoisotopic (exact) mass is 528 g/mol. The highest BCUT2D eigenvalue weighted by atomic mass is 32.2. The number of amides is 1. The van der Waals surface area contributed by atoms with Crippen molar-refractivity contribution in [2.45, 2.75) is 68.2 Å². The summed E-state index contributed by atoms with van der Waals surface area (Å²) in [7, 11) is -3.78. The van der Waals surface area contributed by atoms with Crippen molar-refractivity contribution in [1.29, 1.82) is 0 Å². The standard InChI is InChI=1S/C27H33FN4O4S/c1-17(18-2-4-20(28)5-3-18)27(26(29)33)12-8-21(9-13-27)32-37(34,35)22-6-7-23-24(16-22)31-25(30-23)19-10-14-36-15-11-19/h2-7,16-17,19,21,32H,8-15H2,1H3,(H2,29,33)(H,30,31)/t17-,21?,27?/m1/s1. The third kappa shape index (κ3) is 5.15. The van der Waals surface area contributed by atoms with E-state index in [9.17, 15) is 17.6 Å². The summed E-state index contributed by atoms with van der Waals surface area (Å²) in [5, 5.41) is 0. The molecule has 3 aromatic rings. The van der Waals surface area contributed by atoms with Crippen LogP contribution < -0.4 is 10.5 Å². The van der Waals surface area contributed by atoms with Gasteiger partial charge in [-0.25, -0.2) is 22.5 Å². The van der Waals surface area contributed by atoms with Gasteiger partial charge in [-0.3, -0.25) is 4.79 Å². The summed E-state index contributed by atoms with van der Waals surface area (Å²) in [6.07, 6.45) is 3.63. The summed E-state index contributed by atoms with van der Waals surface area (Å²) in [6, 6.07) is 10.7. The molecule has 2 fully saturated rings. The summed E-state index contributed by atoms with van der Waals surface area (Å²) in [5.41, 5.74) is 7.33. The minimum atomic E-state index is -3.78. The van der Waals surface area contributed by atoms with Gasteiger partial charge in [0.1, 0.15) is 11.6 Å². The first kappa shape index (κ1) is 25.8. The van der Waals surface area contributed by atoms with Crippen molar-refractivity contribution in [3.8, 4) is 0 Å². The Morgan fingerprint density at radius 2 is 1.81 bits per heavy atom. The van der Waals surface area contributed by atoms with Crippen LogP contribution in [-0.2, 0) is 19.6 Å². The average Bonchev–Trinajstić information content (AvgIpc) is 3.33. The maximum absolute atomic E-state index is 13.4. The number of H-pyrrole nitrogens is 1. The van der Waals surface area contributed by atoms with E-state index in [1.165, 1.54) is 12.1 Å². The number of imidazole rings is 1. The molecule has 2 aliphatic rings. The maximum atomic E-state index is 13.4. The van der Waals surface area contributed by atoms with Gasteiger partial charge < -0.3 is 15.5 Å². The smallest absolute Gasteiger partial charge is 0.240 e. The molecule has 4 N–H and O–H groups in total. The second-order valence-corrected chi connectivity index (χ2v) is 12.1. The number of sulfonamides is 1. The van der Waals surface area contributed by atoms with Crippen LogP contribution in [0, 0.1) is 11.2 Å². The molecule has 1 aliphatic heterocycles. The van der Waals surface area contributed by atoms with E-state index in [1.54, 1.807) is 30.3 Å². The Hall–Kier alpha value is -2.82. The second kappa shape index (κ2) is 10.2. The van der Waals surface area contributed by atoms with E-state index in [2.05, 4.69) is 14.7 Å². The molecule has 8 nitrogen and oxygen atoms in total. The number of hydrogen-bond donors (Lipinski definition) is 3. The van der Waals surface area contributed by atoms with Crippen LogP contribution in [0.4, 0.5) is 4.39 Å². The molecular weight excluding hydrogens is 495 g/mol. The lowest BCUT2D eigenvalue weighted by Crippen LogP contribution is -2.48. The van der Waals surface area contributed by atoms with Crippen LogP contribution in [0.25, 0.3) is 11.0 Å². The highest BCUT2D eigenvalue weighted by Gasteiger charge is 2.45. The predicted octanol–water partition coefficient (Wildman–Crippen LogP) is 4.09. The highest BCUT2D eigenvalue weighted by molar-refractivity contribution is 7.89. The van der Waals surface area contributed by atoms with Gasteiger partial charge in [0.15, 0.2) is 0 Å². The van der Waals surface area contributed by atoms with Crippen molar-refractivity contribution in [2.75, 3.05) is 13.2 Å². The normalized spacial score (nSPS) is 24.2.